The highest BCUT2D eigenvalue weighted by Crippen LogP contribution is 2.32. The van der Waals surface area contributed by atoms with Crippen molar-refractivity contribution >= 4 is 45.9 Å². The highest BCUT2D eigenvalue weighted by atomic mass is 35.5. The number of hydrogen-bond acceptors (Lipinski definition) is 7. The van der Waals surface area contributed by atoms with E-state index in [4.69, 9.17) is 32.4 Å². The standard InChI is InChI=1S/C20H15Cl2N3O4S/c1-25-18(9-28-16-5-3-2-4-13(16)21)23-24-20(25)30-10-11-6-19(27)29-17-8-15(26)14(22)7-12(11)17/h2-8,26H,9-10H2,1H3. The molecule has 4 aromatic rings. The Morgan fingerprint density at radius 2 is 1.97 bits per heavy atom. The number of para-hydroxylation sites is 1. The number of phenols is 1. The zero-order valence-corrected chi connectivity index (χ0v) is 18.0. The van der Waals surface area contributed by atoms with Gasteiger partial charge in [0.25, 0.3) is 0 Å². The van der Waals surface area contributed by atoms with E-state index < -0.39 is 5.63 Å². The summed E-state index contributed by atoms with van der Waals surface area (Å²) in [6.07, 6.45) is 0. The summed E-state index contributed by atoms with van der Waals surface area (Å²) in [5.41, 5.74) is 0.475. The van der Waals surface area contributed by atoms with E-state index in [9.17, 15) is 9.90 Å². The van der Waals surface area contributed by atoms with Crippen molar-refractivity contribution in [2.75, 3.05) is 0 Å². The van der Waals surface area contributed by atoms with Gasteiger partial charge in [-0.2, -0.15) is 0 Å². The fourth-order valence-electron chi connectivity index (χ4n) is 2.80. The number of halogens is 2. The number of aromatic hydroxyl groups is 1. The average Bonchev–Trinajstić information content (AvgIpc) is 3.06. The van der Waals surface area contributed by atoms with Crippen LogP contribution in [0.15, 0.2) is 56.8 Å². The largest absolute Gasteiger partial charge is 0.506 e. The van der Waals surface area contributed by atoms with Crippen molar-refractivity contribution in [3.63, 3.8) is 0 Å². The monoisotopic (exact) mass is 463 g/mol. The minimum Gasteiger partial charge on any atom is -0.506 e. The second-order valence-electron chi connectivity index (χ2n) is 6.36. The first-order valence-electron chi connectivity index (χ1n) is 8.76. The summed E-state index contributed by atoms with van der Waals surface area (Å²) in [6.45, 7) is 0.209. The molecule has 4 rings (SSSR count). The summed E-state index contributed by atoms with van der Waals surface area (Å²) in [4.78, 5) is 11.9. The van der Waals surface area contributed by atoms with Crippen molar-refractivity contribution in [1.29, 1.82) is 0 Å². The minimum absolute atomic E-state index is 0.145. The number of ether oxygens (including phenoxy) is 1. The molecule has 2 aromatic heterocycles. The minimum atomic E-state index is -0.508. The zero-order valence-electron chi connectivity index (χ0n) is 15.6. The summed E-state index contributed by atoms with van der Waals surface area (Å²) in [7, 11) is 1.83. The van der Waals surface area contributed by atoms with Crippen LogP contribution in [0, 0.1) is 0 Å². The first-order valence-corrected chi connectivity index (χ1v) is 10.5. The molecular weight excluding hydrogens is 449 g/mol. The van der Waals surface area contributed by atoms with E-state index in [1.54, 1.807) is 18.2 Å². The van der Waals surface area contributed by atoms with Crippen LogP contribution in [0.1, 0.15) is 11.4 Å². The van der Waals surface area contributed by atoms with Gasteiger partial charge in [0.1, 0.15) is 23.7 Å². The van der Waals surface area contributed by atoms with Crippen molar-refractivity contribution in [3.8, 4) is 11.5 Å². The molecule has 0 spiro atoms. The van der Waals surface area contributed by atoms with Gasteiger partial charge < -0.3 is 18.8 Å². The lowest BCUT2D eigenvalue weighted by atomic mass is 10.1. The van der Waals surface area contributed by atoms with Gasteiger partial charge in [0, 0.05) is 30.3 Å². The number of hydrogen-bond donors (Lipinski definition) is 1. The van der Waals surface area contributed by atoms with E-state index in [0.29, 0.717) is 38.5 Å². The maximum absolute atomic E-state index is 11.9. The van der Waals surface area contributed by atoms with Crippen LogP contribution in [0.4, 0.5) is 0 Å². The molecule has 0 aliphatic rings. The van der Waals surface area contributed by atoms with E-state index in [1.165, 1.54) is 23.9 Å². The van der Waals surface area contributed by atoms with Gasteiger partial charge in [-0.1, -0.05) is 47.1 Å². The zero-order chi connectivity index (χ0) is 21.3. The van der Waals surface area contributed by atoms with Crippen LogP contribution in [-0.2, 0) is 19.4 Å². The normalized spacial score (nSPS) is 11.2. The van der Waals surface area contributed by atoms with Gasteiger partial charge >= 0.3 is 5.63 Å². The molecule has 1 N–H and O–H groups in total. The van der Waals surface area contributed by atoms with Crippen LogP contribution < -0.4 is 10.4 Å². The SMILES string of the molecule is Cn1c(COc2ccccc2Cl)nnc1SCc1cc(=O)oc2cc(O)c(Cl)cc12. The smallest absolute Gasteiger partial charge is 0.336 e. The van der Waals surface area contributed by atoms with Crippen LogP contribution in [0.3, 0.4) is 0 Å². The average molecular weight is 464 g/mol. The molecule has 0 aliphatic heterocycles. The number of rotatable bonds is 6. The molecule has 2 aromatic carbocycles. The van der Waals surface area contributed by atoms with Crippen molar-refractivity contribution in [2.45, 2.75) is 17.5 Å². The van der Waals surface area contributed by atoms with Gasteiger partial charge in [0.2, 0.25) is 0 Å². The first-order chi connectivity index (χ1) is 14.4. The van der Waals surface area contributed by atoms with E-state index >= 15 is 0 Å². The van der Waals surface area contributed by atoms with E-state index in [2.05, 4.69) is 10.2 Å². The van der Waals surface area contributed by atoms with Gasteiger partial charge in [0.05, 0.1) is 10.0 Å². The number of phenolic OH excluding ortho intramolecular Hbond substituents is 1. The molecule has 154 valence electrons. The maximum Gasteiger partial charge on any atom is 0.336 e. The van der Waals surface area contributed by atoms with Gasteiger partial charge in [-0.15, -0.1) is 10.2 Å². The molecule has 30 heavy (non-hydrogen) atoms. The van der Waals surface area contributed by atoms with Crippen molar-refractivity contribution in [2.24, 2.45) is 7.05 Å². The van der Waals surface area contributed by atoms with Crippen molar-refractivity contribution < 1.29 is 14.3 Å². The van der Waals surface area contributed by atoms with Gasteiger partial charge in [-0.25, -0.2) is 4.79 Å². The fraction of sp³-hybridized carbons (Fsp3) is 0.150. The summed E-state index contributed by atoms with van der Waals surface area (Å²) >= 11 is 13.5. The third-order valence-corrected chi connectivity index (χ3v) is 6.06. The molecule has 0 aliphatic carbocycles. The molecule has 7 nitrogen and oxygen atoms in total. The Morgan fingerprint density at radius 3 is 2.77 bits per heavy atom. The maximum atomic E-state index is 11.9. The van der Waals surface area contributed by atoms with E-state index in [-0.39, 0.29) is 23.0 Å². The number of fused-ring (bicyclic) bond motifs is 1. The summed E-state index contributed by atoms with van der Waals surface area (Å²) < 4.78 is 12.7. The highest BCUT2D eigenvalue weighted by molar-refractivity contribution is 7.98. The molecule has 0 radical (unpaired) electrons. The van der Waals surface area contributed by atoms with E-state index in [1.807, 2.05) is 23.7 Å². The molecule has 0 bridgehead atoms. The molecule has 10 heteroatoms. The molecule has 2 heterocycles. The Kier molecular flexibility index (Phi) is 5.90. The van der Waals surface area contributed by atoms with Gasteiger partial charge in [-0.05, 0) is 23.8 Å². The molecule has 0 unspecified atom stereocenters. The number of aromatic nitrogens is 3. The second kappa shape index (κ2) is 8.59. The Bertz CT molecular complexity index is 1290. The summed E-state index contributed by atoms with van der Waals surface area (Å²) in [6, 6.07) is 11.5. The third-order valence-electron chi connectivity index (χ3n) is 4.37. The number of thioether (sulfide) groups is 1. The van der Waals surface area contributed by atoms with Crippen LogP contribution in [0.25, 0.3) is 11.0 Å². The predicted molar refractivity (Wildman–Crippen MR) is 116 cm³/mol. The number of benzene rings is 2. The van der Waals surface area contributed by atoms with Crippen molar-refractivity contribution in [3.05, 3.63) is 74.3 Å². The Morgan fingerprint density at radius 1 is 1.17 bits per heavy atom. The molecule has 0 fully saturated rings. The molecule has 0 atom stereocenters. The van der Waals surface area contributed by atoms with Crippen molar-refractivity contribution in [1.82, 2.24) is 14.8 Å². The predicted octanol–water partition coefficient (Wildman–Crippen LogP) is 4.81. The topological polar surface area (TPSA) is 90.4 Å². The lowest BCUT2D eigenvalue weighted by Crippen LogP contribution is -2.04. The second-order valence-corrected chi connectivity index (χ2v) is 8.11. The Balaban J connectivity index is 1.52. The Hall–Kier alpha value is -2.68. The third kappa shape index (κ3) is 4.26. The van der Waals surface area contributed by atoms with Gasteiger partial charge in [-0.3, -0.25) is 0 Å². The molecular formula is C20H15Cl2N3O4S. The molecule has 0 saturated carbocycles. The van der Waals surface area contributed by atoms with Crippen LogP contribution in [0.2, 0.25) is 10.0 Å². The van der Waals surface area contributed by atoms with E-state index in [0.717, 1.165) is 0 Å². The fourth-order valence-corrected chi connectivity index (χ4v) is 4.07. The first kappa shape index (κ1) is 20.6. The summed E-state index contributed by atoms with van der Waals surface area (Å²) in [5, 5.41) is 20.1. The quantitative estimate of drug-likeness (QED) is 0.324. The summed E-state index contributed by atoms with van der Waals surface area (Å²) in [5.74, 6) is 1.48. The van der Waals surface area contributed by atoms with Crippen LogP contribution in [-0.4, -0.2) is 19.9 Å². The molecule has 0 amide bonds. The van der Waals surface area contributed by atoms with Crippen LogP contribution in [0.5, 0.6) is 11.5 Å². The lowest BCUT2D eigenvalue weighted by molar-refractivity contribution is 0.290. The molecule has 0 saturated heterocycles. The lowest BCUT2D eigenvalue weighted by Gasteiger charge is -2.08. The number of nitrogens with zero attached hydrogens (tertiary/aromatic N) is 3. The highest BCUT2D eigenvalue weighted by Gasteiger charge is 2.14. The van der Waals surface area contributed by atoms with Crippen LogP contribution >= 0.6 is 35.0 Å². The van der Waals surface area contributed by atoms with Gasteiger partial charge in [0.15, 0.2) is 11.0 Å². The Labute approximate surface area is 185 Å².